The minimum Gasteiger partial charge on any atom is -0.497 e. The Morgan fingerprint density at radius 3 is 2.34 bits per heavy atom. The molecule has 0 amide bonds. The Labute approximate surface area is 167 Å². The van der Waals surface area contributed by atoms with Crippen LogP contribution in [0.25, 0.3) is 0 Å². The van der Waals surface area contributed by atoms with Gasteiger partial charge in [-0.2, -0.15) is 0 Å². The number of benzene rings is 2. The molecule has 0 spiro atoms. The molecular formula is C20H18F2N4O2S. The molecule has 0 atom stereocenters. The van der Waals surface area contributed by atoms with E-state index in [1.807, 2.05) is 0 Å². The van der Waals surface area contributed by atoms with Crippen LogP contribution < -0.4 is 15.2 Å². The van der Waals surface area contributed by atoms with Crippen molar-refractivity contribution in [2.75, 3.05) is 23.8 Å². The molecule has 3 aromatic rings. The van der Waals surface area contributed by atoms with Gasteiger partial charge < -0.3 is 15.2 Å². The van der Waals surface area contributed by atoms with Crippen LogP contribution in [0.15, 0.2) is 53.7 Å². The third-order valence-corrected chi connectivity index (χ3v) is 5.94. The summed E-state index contributed by atoms with van der Waals surface area (Å²) < 4.78 is 49.8. The van der Waals surface area contributed by atoms with E-state index in [9.17, 15) is 13.0 Å². The molecule has 0 bridgehead atoms. The zero-order chi connectivity index (χ0) is 21.0. The molecule has 0 saturated carbocycles. The number of thiol groups is 1. The summed E-state index contributed by atoms with van der Waals surface area (Å²) in [5.74, 6) is 3.90. The summed E-state index contributed by atoms with van der Waals surface area (Å²) in [6.45, 7) is 0. The highest BCUT2D eigenvalue weighted by Gasteiger charge is 2.17. The van der Waals surface area contributed by atoms with Crippen LogP contribution in [-0.2, 0) is 10.1 Å². The van der Waals surface area contributed by atoms with Gasteiger partial charge in [-0.15, -0.1) is 0 Å². The molecule has 0 radical (unpaired) electrons. The van der Waals surface area contributed by atoms with Crippen molar-refractivity contribution in [3.8, 4) is 17.6 Å². The van der Waals surface area contributed by atoms with Crippen LogP contribution in [0.2, 0.25) is 0 Å². The SMILES string of the molecule is COc1ccc([SH](C)(=O)Nc2ccc(F)c(C#Cc3cnc(N)nc3)c2F)cc1. The third kappa shape index (κ3) is 4.67. The Bertz CT molecular complexity index is 1140. The van der Waals surface area contributed by atoms with E-state index >= 15 is 0 Å². The number of halogens is 2. The van der Waals surface area contributed by atoms with Crippen LogP contribution in [0.4, 0.5) is 20.4 Å². The van der Waals surface area contributed by atoms with Gasteiger partial charge in [0.25, 0.3) is 0 Å². The molecule has 3 N–H and O–H groups in total. The van der Waals surface area contributed by atoms with Gasteiger partial charge in [-0.25, -0.2) is 18.7 Å². The fraction of sp³-hybridized carbons (Fsp3) is 0.100. The normalized spacial score (nSPS) is 11.3. The van der Waals surface area contributed by atoms with Crippen LogP contribution in [0, 0.1) is 23.5 Å². The first kappa shape index (κ1) is 20.2. The number of nitrogen functional groups attached to an aromatic ring is 1. The Balaban J connectivity index is 1.92. The number of hydrogen-bond acceptors (Lipinski definition) is 5. The van der Waals surface area contributed by atoms with Gasteiger partial charge >= 0.3 is 0 Å². The highest BCUT2D eigenvalue weighted by molar-refractivity contribution is 8.03. The molecule has 0 unspecified atom stereocenters. The lowest BCUT2D eigenvalue weighted by atomic mass is 10.1. The fourth-order valence-corrected chi connectivity index (χ4v) is 3.93. The number of hydrogen-bond donors (Lipinski definition) is 3. The van der Waals surface area contributed by atoms with Gasteiger partial charge in [-0.1, -0.05) is 11.8 Å². The molecule has 6 nitrogen and oxygen atoms in total. The minimum atomic E-state index is -3.19. The fourth-order valence-electron chi connectivity index (χ4n) is 2.45. The van der Waals surface area contributed by atoms with Gasteiger partial charge in [0.15, 0.2) is 5.82 Å². The van der Waals surface area contributed by atoms with E-state index in [1.165, 1.54) is 31.8 Å². The number of aromatic nitrogens is 2. The first-order valence-electron chi connectivity index (χ1n) is 8.38. The topological polar surface area (TPSA) is 90.1 Å². The van der Waals surface area contributed by atoms with Crippen molar-refractivity contribution in [1.29, 1.82) is 0 Å². The van der Waals surface area contributed by atoms with Gasteiger partial charge in [0, 0.05) is 23.5 Å². The molecule has 0 aliphatic rings. The van der Waals surface area contributed by atoms with Crippen molar-refractivity contribution in [1.82, 2.24) is 9.97 Å². The molecule has 0 aliphatic carbocycles. The Morgan fingerprint density at radius 2 is 1.72 bits per heavy atom. The lowest BCUT2D eigenvalue weighted by Crippen LogP contribution is -2.21. The molecule has 9 heteroatoms. The Hall–Kier alpha value is -3.51. The first-order valence-corrected chi connectivity index (χ1v) is 10.5. The maximum Gasteiger partial charge on any atom is 0.219 e. The zero-order valence-corrected chi connectivity index (χ0v) is 16.5. The number of nitrogens with two attached hydrogens (primary N) is 1. The summed E-state index contributed by atoms with van der Waals surface area (Å²) in [4.78, 5) is 8.00. The molecular weight excluding hydrogens is 398 g/mol. The maximum absolute atomic E-state index is 14.9. The van der Waals surface area contributed by atoms with Crippen molar-refractivity contribution >= 4 is 21.8 Å². The van der Waals surface area contributed by atoms with E-state index in [4.69, 9.17) is 10.5 Å². The molecule has 0 fully saturated rings. The van der Waals surface area contributed by atoms with Crippen molar-refractivity contribution in [2.24, 2.45) is 0 Å². The van der Waals surface area contributed by atoms with Crippen LogP contribution in [0.1, 0.15) is 11.1 Å². The molecule has 150 valence electrons. The largest absolute Gasteiger partial charge is 0.497 e. The highest BCUT2D eigenvalue weighted by Crippen LogP contribution is 2.26. The smallest absolute Gasteiger partial charge is 0.219 e. The average Bonchev–Trinajstić information content (AvgIpc) is 2.71. The summed E-state index contributed by atoms with van der Waals surface area (Å²) in [5, 5.41) is 0. The first-order chi connectivity index (χ1) is 13.8. The number of nitrogens with one attached hydrogen (secondary N) is 1. The lowest BCUT2D eigenvalue weighted by Gasteiger charge is -2.23. The number of rotatable bonds is 4. The third-order valence-electron chi connectivity index (χ3n) is 3.99. The molecule has 29 heavy (non-hydrogen) atoms. The summed E-state index contributed by atoms with van der Waals surface area (Å²) in [5.41, 5.74) is 5.16. The molecule has 1 heterocycles. The number of nitrogens with zero attached hydrogens (tertiary/aromatic N) is 2. The van der Waals surface area contributed by atoms with Gasteiger partial charge in [0.2, 0.25) is 5.95 Å². The van der Waals surface area contributed by atoms with Crippen molar-refractivity contribution in [2.45, 2.75) is 4.90 Å². The molecule has 2 aromatic carbocycles. The second kappa shape index (κ2) is 8.24. The quantitative estimate of drug-likeness (QED) is 0.450. The summed E-state index contributed by atoms with van der Waals surface area (Å²) >= 11 is 0. The van der Waals surface area contributed by atoms with E-state index in [0.717, 1.165) is 6.07 Å². The van der Waals surface area contributed by atoms with Crippen molar-refractivity contribution in [3.63, 3.8) is 0 Å². The number of anilines is 2. The Kier molecular flexibility index (Phi) is 5.75. The standard InChI is InChI=1S/C20H18F2N4O2S/c1-28-14-4-6-15(7-5-14)29(2,27)26-18-10-9-17(21)16(19(18)22)8-3-13-11-24-20(23)25-12-13/h4-7,9-12,29H,1-2H3,(H,26,27)(H2,23,24,25). The predicted molar refractivity (Wildman–Crippen MR) is 109 cm³/mol. The predicted octanol–water partition coefficient (Wildman–Crippen LogP) is 2.78. The maximum atomic E-state index is 14.9. The second-order valence-corrected chi connectivity index (χ2v) is 8.69. The van der Waals surface area contributed by atoms with Gasteiger partial charge in [0.05, 0.1) is 23.9 Å². The van der Waals surface area contributed by atoms with E-state index in [0.29, 0.717) is 16.2 Å². The van der Waals surface area contributed by atoms with E-state index in [1.54, 1.807) is 24.3 Å². The second-order valence-electron chi connectivity index (χ2n) is 6.10. The van der Waals surface area contributed by atoms with E-state index in [-0.39, 0.29) is 11.6 Å². The molecule has 3 rings (SSSR count). The van der Waals surface area contributed by atoms with Crippen LogP contribution in [0.5, 0.6) is 5.75 Å². The molecule has 0 saturated heterocycles. The monoisotopic (exact) mass is 416 g/mol. The highest BCUT2D eigenvalue weighted by atomic mass is 32.3. The summed E-state index contributed by atoms with van der Waals surface area (Å²) in [7, 11) is -1.67. The van der Waals surface area contributed by atoms with Gasteiger partial charge in [0.1, 0.15) is 11.6 Å². The van der Waals surface area contributed by atoms with Crippen molar-refractivity contribution < 1.29 is 17.7 Å². The van der Waals surface area contributed by atoms with Crippen LogP contribution in [-0.4, -0.2) is 27.5 Å². The summed E-state index contributed by atoms with van der Waals surface area (Å²) in [6, 6.07) is 8.79. The molecule has 1 aromatic heterocycles. The summed E-state index contributed by atoms with van der Waals surface area (Å²) in [6.07, 6.45) is 4.14. The van der Waals surface area contributed by atoms with Crippen LogP contribution in [0.3, 0.4) is 0 Å². The van der Waals surface area contributed by atoms with Crippen LogP contribution >= 0.6 is 0 Å². The minimum absolute atomic E-state index is 0.0661. The van der Waals surface area contributed by atoms with Gasteiger partial charge in [-0.3, -0.25) is 4.21 Å². The van der Waals surface area contributed by atoms with E-state index < -0.39 is 27.3 Å². The zero-order valence-electron chi connectivity index (χ0n) is 15.6. The number of ether oxygens (including phenoxy) is 1. The average molecular weight is 416 g/mol. The van der Waals surface area contributed by atoms with Crippen molar-refractivity contribution in [3.05, 3.63) is 71.6 Å². The molecule has 0 aliphatic heterocycles. The number of methoxy groups -OCH3 is 1. The van der Waals surface area contributed by atoms with E-state index in [2.05, 4.69) is 26.5 Å². The lowest BCUT2D eigenvalue weighted by molar-refractivity contribution is 0.414. The Morgan fingerprint density at radius 1 is 1.07 bits per heavy atom. The van der Waals surface area contributed by atoms with Gasteiger partial charge in [-0.05, 0) is 46.5 Å².